The lowest BCUT2D eigenvalue weighted by Gasteiger charge is -2.41. The summed E-state index contributed by atoms with van der Waals surface area (Å²) in [6, 6.07) is 11.4. The zero-order valence-electron chi connectivity index (χ0n) is 10.4. The van der Waals surface area contributed by atoms with Gasteiger partial charge in [-0.3, -0.25) is 4.90 Å². The summed E-state index contributed by atoms with van der Waals surface area (Å²) in [5, 5.41) is 9.07. The molecule has 3 nitrogen and oxygen atoms in total. The molecule has 0 amide bonds. The molecular formula is C14H21NO2. The fourth-order valence-corrected chi connectivity index (χ4v) is 2.21. The zero-order chi connectivity index (χ0) is 12.1. The Balaban J connectivity index is 2.00. The highest BCUT2D eigenvalue weighted by Crippen LogP contribution is 2.19. The lowest BCUT2D eigenvalue weighted by molar-refractivity contribution is -0.0830. The van der Waals surface area contributed by atoms with Crippen LogP contribution in [0.25, 0.3) is 0 Å². The Kier molecular flexibility index (Phi) is 4.54. The first kappa shape index (κ1) is 12.6. The van der Waals surface area contributed by atoms with E-state index in [4.69, 9.17) is 9.84 Å². The van der Waals surface area contributed by atoms with Crippen molar-refractivity contribution in [3.8, 4) is 0 Å². The van der Waals surface area contributed by atoms with Crippen molar-refractivity contribution in [1.29, 1.82) is 0 Å². The molecule has 2 rings (SSSR count). The fourth-order valence-electron chi connectivity index (χ4n) is 2.21. The molecule has 1 aromatic carbocycles. The minimum atomic E-state index is 0.250. The third-order valence-corrected chi connectivity index (χ3v) is 3.41. The molecular weight excluding hydrogens is 214 g/mol. The van der Waals surface area contributed by atoms with E-state index in [-0.39, 0.29) is 6.61 Å². The molecule has 0 radical (unpaired) electrons. The Morgan fingerprint density at radius 2 is 2.06 bits per heavy atom. The maximum Gasteiger partial charge on any atom is 0.0645 e. The highest BCUT2D eigenvalue weighted by molar-refractivity contribution is 5.14. The summed E-state index contributed by atoms with van der Waals surface area (Å²) in [7, 11) is 0. The second kappa shape index (κ2) is 6.15. The summed E-state index contributed by atoms with van der Waals surface area (Å²) >= 11 is 0. The van der Waals surface area contributed by atoms with Gasteiger partial charge in [0.1, 0.15) is 0 Å². The van der Waals surface area contributed by atoms with Gasteiger partial charge in [-0.05, 0) is 18.9 Å². The van der Waals surface area contributed by atoms with E-state index in [1.807, 2.05) is 6.07 Å². The number of nitrogens with zero attached hydrogens (tertiary/aromatic N) is 1. The van der Waals surface area contributed by atoms with Crippen molar-refractivity contribution in [2.75, 3.05) is 19.8 Å². The first-order valence-corrected chi connectivity index (χ1v) is 6.29. The standard InChI is InChI=1S/C14H21NO2/c1-12(7-8-16)15(14-10-17-11-14)9-13-5-3-2-4-6-13/h2-6,12,14,16H,7-11H2,1H3/t12-/m0/s1. The molecule has 0 aliphatic carbocycles. The van der Waals surface area contributed by atoms with Crippen molar-refractivity contribution >= 4 is 0 Å². The summed E-state index contributed by atoms with van der Waals surface area (Å²) in [6.07, 6.45) is 0.823. The van der Waals surface area contributed by atoms with Crippen LogP contribution in [-0.4, -0.2) is 41.9 Å². The highest BCUT2D eigenvalue weighted by atomic mass is 16.5. The number of aliphatic hydroxyl groups is 1. The van der Waals surface area contributed by atoms with E-state index in [0.717, 1.165) is 26.2 Å². The van der Waals surface area contributed by atoms with Gasteiger partial charge in [-0.1, -0.05) is 30.3 Å². The van der Waals surface area contributed by atoms with Crippen molar-refractivity contribution < 1.29 is 9.84 Å². The molecule has 1 fully saturated rings. The highest BCUT2D eigenvalue weighted by Gasteiger charge is 2.29. The number of rotatable bonds is 6. The molecule has 1 aliphatic heterocycles. The molecule has 94 valence electrons. The van der Waals surface area contributed by atoms with E-state index in [2.05, 4.69) is 36.1 Å². The third kappa shape index (κ3) is 3.28. The SMILES string of the molecule is C[C@@H](CCO)N(Cc1ccccc1)C1COC1. The number of hydrogen-bond donors (Lipinski definition) is 1. The first-order chi connectivity index (χ1) is 8.31. The number of ether oxygens (including phenoxy) is 1. The molecule has 3 heteroatoms. The number of aliphatic hydroxyl groups excluding tert-OH is 1. The van der Waals surface area contributed by atoms with Crippen LogP contribution in [0.2, 0.25) is 0 Å². The van der Waals surface area contributed by atoms with Gasteiger partial charge in [0.2, 0.25) is 0 Å². The molecule has 0 aromatic heterocycles. The van der Waals surface area contributed by atoms with Crippen LogP contribution < -0.4 is 0 Å². The van der Waals surface area contributed by atoms with Gasteiger partial charge in [0.15, 0.2) is 0 Å². The van der Waals surface area contributed by atoms with E-state index in [0.29, 0.717) is 12.1 Å². The lowest BCUT2D eigenvalue weighted by Crippen LogP contribution is -2.52. The van der Waals surface area contributed by atoms with Gasteiger partial charge in [0, 0.05) is 19.2 Å². The van der Waals surface area contributed by atoms with Crippen molar-refractivity contribution in [2.24, 2.45) is 0 Å². The predicted molar refractivity (Wildman–Crippen MR) is 67.8 cm³/mol. The second-order valence-electron chi connectivity index (χ2n) is 4.71. The smallest absolute Gasteiger partial charge is 0.0645 e. The Bertz CT molecular complexity index is 324. The maximum atomic E-state index is 9.07. The van der Waals surface area contributed by atoms with Crippen molar-refractivity contribution in [3.63, 3.8) is 0 Å². The number of benzene rings is 1. The van der Waals surface area contributed by atoms with Gasteiger partial charge in [-0.25, -0.2) is 0 Å². The van der Waals surface area contributed by atoms with E-state index in [9.17, 15) is 0 Å². The van der Waals surface area contributed by atoms with Crippen LogP contribution >= 0.6 is 0 Å². The third-order valence-electron chi connectivity index (χ3n) is 3.41. The number of hydrogen-bond acceptors (Lipinski definition) is 3. The molecule has 1 heterocycles. The van der Waals surface area contributed by atoms with Gasteiger partial charge in [0.05, 0.1) is 19.3 Å². The van der Waals surface area contributed by atoms with Crippen molar-refractivity contribution in [2.45, 2.75) is 32.0 Å². The second-order valence-corrected chi connectivity index (χ2v) is 4.71. The molecule has 0 spiro atoms. The Morgan fingerprint density at radius 1 is 1.35 bits per heavy atom. The van der Waals surface area contributed by atoms with E-state index >= 15 is 0 Å². The topological polar surface area (TPSA) is 32.7 Å². The summed E-state index contributed by atoms with van der Waals surface area (Å²) in [5.41, 5.74) is 1.32. The predicted octanol–water partition coefficient (Wildman–Crippen LogP) is 1.66. The monoisotopic (exact) mass is 235 g/mol. The van der Waals surface area contributed by atoms with Crippen LogP contribution in [0.4, 0.5) is 0 Å². The minimum Gasteiger partial charge on any atom is -0.396 e. The molecule has 1 aliphatic rings. The average Bonchev–Trinajstić information content (AvgIpc) is 2.27. The van der Waals surface area contributed by atoms with E-state index < -0.39 is 0 Å². The zero-order valence-corrected chi connectivity index (χ0v) is 10.4. The average molecular weight is 235 g/mol. The Hall–Kier alpha value is -0.900. The maximum absolute atomic E-state index is 9.07. The fraction of sp³-hybridized carbons (Fsp3) is 0.571. The summed E-state index contributed by atoms with van der Waals surface area (Å²) < 4.78 is 5.28. The largest absolute Gasteiger partial charge is 0.396 e. The molecule has 17 heavy (non-hydrogen) atoms. The Labute approximate surface area is 103 Å². The summed E-state index contributed by atoms with van der Waals surface area (Å²) in [6.45, 7) is 5.01. The van der Waals surface area contributed by atoms with Gasteiger partial charge < -0.3 is 9.84 Å². The molecule has 0 bridgehead atoms. The van der Waals surface area contributed by atoms with Crippen molar-refractivity contribution in [3.05, 3.63) is 35.9 Å². The van der Waals surface area contributed by atoms with Crippen LogP contribution in [-0.2, 0) is 11.3 Å². The van der Waals surface area contributed by atoms with E-state index in [1.165, 1.54) is 5.56 Å². The van der Waals surface area contributed by atoms with Crippen LogP contribution in [0.3, 0.4) is 0 Å². The Morgan fingerprint density at radius 3 is 2.59 bits per heavy atom. The minimum absolute atomic E-state index is 0.250. The molecule has 1 saturated heterocycles. The van der Waals surface area contributed by atoms with Crippen molar-refractivity contribution in [1.82, 2.24) is 4.90 Å². The lowest BCUT2D eigenvalue weighted by atomic mass is 10.1. The van der Waals surface area contributed by atoms with Crippen LogP contribution in [0, 0.1) is 0 Å². The van der Waals surface area contributed by atoms with Gasteiger partial charge >= 0.3 is 0 Å². The molecule has 0 saturated carbocycles. The molecule has 1 atom stereocenters. The molecule has 0 unspecified atom stereocenters. The normalized spacial score (nSPS) is 18.1. The van der Waals surface area contributed by atoms with Gasteiger partial charge in [-0.2, -0.15) is 0 Å². The molecule has 1 N–H and O–H groups in total. The quantitative estimate of drug-likeness (QED) is 0.814. The van der Waals surface area contributed by atoms with Gasteiger partial charge in [0.25, 0.3) is 0 Å². The van der Waals surface area contributed by atoms with Crippen LogP contribution in [0.1, 0.15) is 18.9 Å². The van der Waals surface area contributed by atoms with Crippen LogP contribution in [0.15, 0.2) is 30.3 Å². The van der Waals surface area contributed by atoms with E-state index in [1.54, 1.807) is 0 Å². The van der Waals surface area contributed by atoms with Crippen LogP contribution in [0.5, 0.6) is 0 Å². The summed E-state index contributed by atoms with van der Waals surface area (Å²) in [5.74, 6) is 0. The first-order valence-electron chi connectivity index (χ1n) is 6.29. The summed E-state index contributed by atoms with van der Waals surface area (Å²) in [4.78, 5) is 2.44. The van der Waals surface area contributed by atoms with Gasteiger partial charge in [-0.15, -0.1) is 0 Å². The molecule has 1 aromatic rings.